The van der Waals surface area contributed by atoms with E-state index in [0.717, 1.165) is 6.42 Å². The van der Waals surface area contributed by atoms with E-state index in [2.05, 4.69) is 16.6 Å². The molecule has 0 saturated heterocycles. The molecule has 2 amide bonds. The number of urea groups is 1. The predicted octanol–water partition coefficient (Wildman–Crippen LogP) is 0.810. The summed E-state index contributed by atoms with van der Waals surface area (Å²) in [6.07, 6.45) is 6.49. The summed E-state index contributed by atoms with van der Waals surface area (Å²) in [5.74, 6) is 1.54. The average molecular weight is 226 g/mol. The highest BCUT2D eigenvalue weighted by molar-refractivity contribution is 5.73. The van der Waals surface area contributed by atoms with Crippen molar-refractivity contribution < 1.29 is 14.7 Å². The third-order valence-electron chi connectivity index (χ3n) is 1.92. The zero-order valence-electron chi connectivity index (χ0n) is 9.45. The second-order valence-electron chi connectivity index (χ2n) is 3.65. The third kappa shape index (κ3) is 8.88. The van der Waals surface area contributed by atoms with Gasteiger partial charge in [-0.1, -0.05) is 6.92 Å². The fourth-order valence-electron chi connectivity index (χ4n) is 1.09. The smallest absolute Gasteiger partial charge is 0.314 e. The average Bonchev–Trinajstić information content (AvgIpc) is 2.20. The van der Waals surface area contributed by atoms with Crippen LogP contribution >= 0.6 is 0 Å². The van der Waals surface area contributed by atoms with E-state index in [1.807, 2.05) is 0 Å². The van der Waals surface area contributed by atoms with Gasteiger partial charge < -0.3 is 15.7 Å². The maximum atomic E-state index is 11.2. The predicted molar refractivity (Wildman–Crippen MR) is 60.9 cm³/mol. The van der Waals surface area contributed by atoms with Crippen LogP contribution in [0.5, 0.6) is 0 Å². The van der Waals surface area contributed by atoms with E-state index in [4.69, 9.17) is 11.5 Å². The second kappa shape index (κ2) is 8.60. The molecule has 0 bridgehead atoms. The van der Waals surface area contributed by atoms with Crippen LogP contribution in [0.25, 0.3) is 0 Å². The van der Waals surface area contributed by atoms with Gasteiger partial charge in [0.2, 0.25) is 0 Å². The first-order valence-electron chi connectivity index (χ1n) is 5.23. The summed E-state index contributed by atoms with van der Waals surface area (Å²) in [5.41, 5.74) is 0. The van der Waals surface area contributed by atoms with Crippen molar-refractivity contribution in [2.75, 3.05) is 13.1 Å². The van der Waals surface area contributed by atoms with Crippen molar-refractivity contribution in [1.82, 2.24) is 10.6 Å². The molecule has 0 rings (SSSR count). The molecule has 0 aliphatic rings. The van der Waals surface area contributed by atoms with Gasteiger partial charge in [0.15, 0.2) is 0 Å². The summed E-state index contributed by atoms with van der Waals surface area (Å²) in [6.45, 7) is 2.66. The Morgan fingerprint density at radius 2 is 2.12 bits per heavy atom. The van der Waals surface area contributed by atoms with E-state index in [9.17, 15) is 9.59 Å². The Morgan fingerprint density at radius 3 is 2.69 bits per heavy atom. The molecule has 0 spiro atoms. The first-order valence-corrected chi connectivity index (χ1v) is 5.23. The quantitative estimate of drug-likeness (QED) is 0.444. The molecule has 0 aromatic carbocycles. The van der Waals surface area contributed by atoms with Gasteiger partial charge in [0.05, 0.1) is 0 Å². The van der Waals surface area contributed by atoms with Crippen LogP contribution in [-0.2, 0) is 4.79 Å². The fourth-order valence-corrected chi connectivity index (χ4v) is 1.09. The Morgan fingerprint density at radius 1 is 1.44 bits per heavy atom. The third-order valence-corrected chi connectivity index (χ3v) is 1.92. The normalized spacial score (nSPS) is 11.2. The topological polar surface area (TPSA) is 78.4 Å². The Balaban J connectivity index is 3.50. The summed E-state index contributed by atoms with van der Waals surface area (Å²) < 4.78 is 0. The number of hydrogen-bond donors (Lipinski definition) is 3. The first-order chi connectivity index (χ1) is 7.56. The molecule has 0 fully saturated rings. The Bertz CT molecular complexity index is 271. The van der Waals surface area contributed by atoms with E-state index in [0.29, 0.717) is 19.5 Å². The van der Waals surface area contributed by atoms with Gasteiger partial charge in [-0.15, -0.1) is 12.3 Å². The minimum atomic E-state index is -0.858. The number of carbonyl (C=O) groups is 2. The maximum absolute atomic E-state index is 11.2. The number of carboxylic acid groups (broad SMARTS) is 1. The molecule has 0 aliphatic carbocycles. The standard InChI is InChI=1S/C11H18N2O3/c1-3-4-5-6-12-11(16)13-8-9(2)7-10(14)15/h1,9H,4-8H2,2H3,(H,14,15)(H2,12,13,16). The minimum Gasteiger partial charge on any atom is -0.481 e. The number of rotatable bonds is 7. The number of carboxylic acids is 1. The van der Waals surface area contributed by atoms with Gasteiger partial charge in [-0.3, -0.25) is 4.79 Å². The van der Waals surface area contributed by atoms with Crippen LogP contribution in [0.2, 0.25) is 0 Å². The first kappa shape index (κ1) is 14.3. The van der Waals surface area contributed by atoms with E-state index >= 15 is 0 Å². The molecule has 16 heavy (non-hydrogen) atoms. The Hall–Kier alpha value is -1.70. The molecule has 0 aromatic heterocycles. The Kier molecular flexibility index (Phi) is 7.68. The minimum absolute atomic E-state index is 0.0529. The van der Waals surface area contributed by atoms with E-state index in [1.165, 1.54) is 0 Å². The van der Waals surface area contributed by atoms with Gasteiger partial charge in [0.25, 0.3) is 0 Å². The largest absolute Gasteiger partial charge is 0.481 e. The number of amides is 2. The second-order valence-corrected chi connectivity index (χ2v) is 3.65. The lowest BCUT2D eigenvalue weighted by Crippen LogP contribution is -2.38. The van der Waals surface area contributed by atoms with Crippen LogP contribution in [-0.4, -0.2) is 30.2 Å². The van der Waals surface area contributed by atoms with Crippen LogP contribution in [0.4, 0.5) is 4.79 Å². The lowest BCUT2D eigenvalue weighted by Gasteiger charge is -2.10. The number of terminal acetylenes is 1. The lowest BCUT2D eigenvalue weighted by molar-refractivity contribution is -0.137. The SMILES string of the molecule is C#CCCCNC(=O)NCC(C)CC(=O)O. The van der Waals surface area contributed by atoms with Gasteiger partial charge in [-0.2, -0.15) is 0 Å². The van der Waals surface area contributed by atoms with Crippen molar-refractivity contribution in [3.8, 4) is 12.3 Å². The number of aliphatic carboxylic acids is 1. The molecule has 0 heterocycles. The number of unbranched alkanes of at least 4 members (excludes halogenated alkanes) is 1. The highest BCUT2D eigenvalue weighted by Gasteiger charge is 2.08. The van der Waals surface area contributed by atoms with E-state index < -0.39 is 5.97 Å². The highest BCUT2D eigenvalue weighted by atomic mass is 16.4. The zero-order chi connectivity index (χ0) is 12.4. The summed E-state index contributed by atoms with van der Waals surface area (Å²) in [4.78, 5) is 21.5. The zero-order valence-corrected chi connectivity index (χ0v) is 9.45. The van der Waals surface area contributed by atoms with Crippen molar-refractivity contribution in [2.45, 2.75) is 26.2 Å². The van der Waals surface area contributed by atoms with Gasteiger partial charge >= 0.3 is 12.0 Å². The molecular weight excluding hydrogens is 208 g/mol. The van der Waals surface area contributed by atoms with Crippen molar-refractivity contribution in [3.63, 3.8) is 0 Å². The van der Waals surface area contributed by atoms with Gasteiger partial charge in [-0.25, -0.2) is 4.79 Å². The summed E-state index contributed by atoms with van der Waals surface area (Å²) in [7, 11) is 0. The molecule has 0 saturated carbocycles. The molecular formula is C11H18N2O3. The number of hydrogen-bond acceptors (Lipinski definition) is 2. The Labute approximate surface area is 95.6 Å². The molecule has 0 radical (unpaired) electrons. The molecule has 90 valence electrons. The van der Waals surface area contributed by atoms with Crippen molar-refractivity contribution in [3.05, 3.63) is 0 Å². The van der Waals surface area contributed by atoms with Crippen LogP contribution in [0.3, 0.4) is 0 Å². The highest BCUT2D eigenvalue weighted by Crippen LogP contribution is 1.98. The van der Waals surface area contributed by atoms with Crippen LogP contribution in [0.1, 0.15) is 26.2 Å². The molecule has 3 N–H and O–H groups in total. The molecule has 1 unspecified atom stereocenters. The van der Waals surface area contributed by atoms with Crippen LogP contribution < -0.4 is 10.6 Å². The fraction of sp³-hybridized carbons (Fsp3) is 0.636. The molecule has 5 heteroatoms. The summed E-state index contributed by atoms with van der Waals surface area (Å²) in [6, 6.07) is -0.283. The van der Waals surface area contributed by atoms with Crippen molar-refractivity contribution in [2.24, 2.45) is 5.92 Å². The van der Waals surface area contributed by atoms with Crippen LogP contribution in [0, 0.1) is 18.3 Å². The van der Waals surface area contributed by atoms with Crippen molar-refractivity contribution in [1.29, 1.82) is 0 Å². The molecule has 5 nitrogen and oxygen atoms in total. The van der Waals surface area contributed by atoms with E-state index in [1.54, 1.807) is 6.92 Å². The van der Waals surface area contributed by atoms with Gasteiger partial charge in [0, 0.05) is 25.9 Å². The molecule has 1 atom stereocenters. The van der Waals surface area contributed by atoms with Crippen molar-refractivity contribution >= 4 is 12.0 Å². The summed E-state index contributed by atoms with van der Waals surface area (Å²) >= 11 is 0. The number of nitrogens with one attached hydrogen (secondary N) is 2. The van der Waals surface area contributed by atoms with E-state index in [-0.39, 0.29) is 18.4 Å². The molecule has 0 aromatic rings. The molecule has 0 aliphatic heterocycles. The summed E-state index contributed by atoms with van der Waals surface area (Å²) in [5, 5.41) is 13.7. The number of carbonyl (C=O) groups excluding carboxylic acids is 1. The van der Waals surface area contributed by atoms with Crippen LogP contribution in [0.15, 0.2) is 0 Å². The van der Waals surface area contributed by atoms with Gasteiger partial charge in [-0.05, 0) is 12.3 Å². The lowest BCUT2D eigenvalue weighted by atomic mass is 10.1. The van der Waals surface area contributed by atoms with Gasteiger partial charge in [0.1, 0.15) is 0 Å². The monoisotopic (exact) mass is 226 g/mol. The maximum Gasteiger partial charge on any atom is 0.314 e.